The maximum Gasteiger partial charge on any atom is 0.339 e. The molecule has 1 aliphatic rings. The normalized spacial score (nSPS) is 12.9. The number of esters is 2. The van der Waals surface area contributed by atoms with Gasteiger partial charge in [0.1, 0.15) is 6.61 Å². The maximum absolute atomic E-state index is 13.1. The minimum Gasteiger partial charge on any atom is -0.463 e. The molecule has 0 unspecified atom stereocenters. The number of hydrogen-bond donors (Lipinski definition) is 2. The molecular formula is C23H21N3O8S. The van der Waals surface area contributed by atoms with Crippen molar-refractivity contribution in [3.05, 3.63) is 80.5 Å². The Morgan fingerprint density at radius 3 is 2.46 bits per heavy atom. The number of ether oxygens (including phenoxy) is 2. The number of ketones is 1. The largest absolute Gasteiger partial charge is 0.463 e. The quantitative estimate of drug-likeness (QED) is 0.174. The van der Waals surface area contributed by atoms with Crippen molar-refractivity contribution in [3.8, 4) is 0 Å². The Labute approximate surface area is 204 Å². The summed E-state index contributed by atoms with van der Waals surface area (Å²) < 4.78 is 10.2. The van der Waals surface area contributed by atoms with Crippen LogP contribution < -0.4 is 10.6 Å². The lowest BCUT2D eigenvalue weighted by atomic mass is 9.98. The highest BCUT2D eigenvalue weighted by molar-refractivity contribution is 7.98. The van der Waals surface area contributed by atoms with E-state index < -0.39 is 35.3 Å². The SMILES string of the molecule is CCOC(=O)C1=C(COC(=O)c2ccccc2C(=O)c2ccc(SC)c([N+](=O)[O-])c2)NC(=O)NC1. The molecule has 1 heterocycles. The van der Waals surface area contributed by atoms with Crippen LogP contribution in [-0.4, -0.2) is 54.7 Å². The summed E-state index contributed by atoms with van der Waals surface area (Å²) in [5, 5.41) is 16.2. The van der Waals surface area contributed by atoms with Gasteiger partial charge >= 0.3 is 18.0 Å². The van der Waals surface area contributed by atoms with Crippen LogP contribution in [0.15, 0.2) is 58.6 Å². The third-order valence-corrected chi connectivity index (χ3v) is 5.74. The molecule has 0 aliphatic carbocycles. The van der Waals surface area contributed by atoms with Gasteiger partial charge in [0.05, 0.1) is 39.8 Å². The predicted octanol–water partition coefficient (Wildman–Crippen LogP) is 2.83. The molecule has 0 fully saturated rings. The second-order valence-electron chi connectivity index (χ2n) is 7.08. The van der Waals surface area contributed by atoms with Crippen molar-refractivity contribution in [2.45, 2.75) is 11.8 Å². The fourth-order valence-electron chi connectivity index (χ4n) is 3.27. The van der Waals surface area contributed by atoms with Crippen LogP contribution in [0.3, 0.4) is 0 Å². The standard InChI is InChI=1S/C23H21N3O8S/c1-3-33-22(29)16-11-24-23(30)25-17(16)12-34-21(28)15-7-5-4-6-14(15)20(27)13-8-9-19(35-2)18(10-13)26(31)32/h4-10H,3,11-12H2,1-2H3,(H2,24,25,30). The number of nitrogens with one attached hydrogen (secondary N) is 2. The zero-order valence-electron chi connectivity index (χ0n) is 18.8. The zero-order valence-corrected chi connectivity index (χ0v) is 19.6. The summed E-state index contributed by atoms with van der Waals surface area (Å²) in [7, 11) is 0. The summed E-state index contributed by atoms with van der Waals surface area (Å²) in [6.45, 7) is 1.20. The zero-order chi connectivity index (χ0) is 25.5. The van der Waals surface area contributed by atoms with E-state index in [0.29, 0.717) is 4.90 Å². The molecule has 182 valence electrons. The van der Waals surface area contributed by atoms with E-state index in [0.717, 1.165) is 6.07 Å². The van der Waals surface area contributed by atoms with Crippen LogP contribution in [0.2, 0.25) is 0 Å². The highest BCUT2D eigenvalue weighted by Crippen LogP contribution is 2.29. The Kier molecular flexibility index (Phi) is 8.21. The van der Waals surface area contributed by atoms with Gasteiger partial charge in [-0.2, -0.15) is 0 Å². The first kappa shape index (κ1) is 25.4. The van der Waals surface area contributed by atoms with Gasteiger partial charge in [-0.25, -0.2) is 14.4 Å². The van der Waals surface area contributed by atoms with Crippen LogP contribution in [-0.2, 0) is 14.3 Å². The molecule has 1 aliphatic heterocycles. The number of amides is 2. The number of rotatable bonds is 9. The van der Waals surface area contributed by atoms with Gasteiger partial charge in [0.15, 0.2) is 5.78 Å². The summed E-state index contributed by atoms with van der Waals surface area (Å²) in [5.41, 5.74) is -0.112. The van der Waals surface area contributed by atoms with Gasteiger partial charge in [-0.15, -0.1) is 11.8 Å². The van der Waals surface area contributed by atoms with E-state index in [1.54, 1.807) is 19.2 Å². The first-order chi connectivity index (χ1) is 16.8. The lowest BCUT2D eigenvalue weighted by molar-refractivity contribution is -0.387. The molecule has 2 aromatic rings. The summed E-state index contributed by atoms with van der Waals surface area (Å²) >= 11 is 1.17. The van der Waals surface area contributed by atoms with Crippen LogP contribution >= 0.6 is 11.8 Å². The number of hydrogen-bond acceptors (Lipinski definition) is 9. The molecule has 0 bridgehead atoms. The van der Waals surface area contributed by atoms with Gasteiger partial charge in [0.2, 0.25) is 0 Å². The van der Waals surface area contributed by atoms with E-state index in [9.17, 15) is 29.3 Å². The topological polar surface area (TPSA) is 154 Å². The lowest BCUT2D eigenvalue weighted by Crippen LogP contribution is -2.45. The van der Waals surface area contributed by atoms with Gasteiger partial charge in [0, 0.05) is 17.2 Å². The highest BCUT2D eigenvalue weighted by atomic mass is 32.2. The Morgan fingerprint density at radius 2 is 1.80 bits per heavy atom. The molecular weight excluding hydrogens is 478 g/mol. The highest BCUT2D eigenvalue weighted by Gasteiger charge is 2.26. The molecule has 2 amide bonds. The number of nitro benzene ring substituents is 1. The van der Waals surface area contributed by atoms with E-state index in [-0.39, 0.29) is 46.8 Å². The van der Waals surface area contributed by atoms with Gasteiger partial charge in [-0.05, 0) is 31.4 Å². The molecule has 0 saturated carbocycles. The number of nitrogens with zero attached hydrogens (tertiary/aromatic N) is 1. The van der Waals surface area contributed by atoms with Crippen molar-refractivity contribution < 1.29 is 33.6 Å². The summed E-state index contributed by atoms with van der Waals surface area (Å²) in [5.74, 6) is -2.15. The fourth-order valence-corrected chi connectivity index (χ4v) is 3.82. The van der Waals surface area contributed by atoms with Crippen molar-refractivity contribution in [2.75, 3.05) is 26.0 Å². The Hall–Kier alpha value is -4.19. The molecule has 35 heavy (non-hydrogen) atoms. The second kappa shape index (κ2) is 11.3. The monoisotopic (exact) mass is 499 g/mol. The molecule has 2 N–H and O–H groups in total. The third-order valence-electron chi connectivity index (χ3n) is 4.95. The first-order valence-corrected chi connectivity index (χ1v) is 11.6. The molecule has 0 radical (unpaired) electrons. The number of carbonyl (C=O) groups is 4. The minimum atomic E-state index is -0.882. The molecule has 11 nitrogen and oxygen atoms in total. The smallest absolute Gasteiger partial charge is 0.339 e. The minimum absolute atomic E-state index is 0.0161. The van der Waals surface area contributed by atoms with Crippen LogP contribution in [0.4, 0.5) is 10.5 Å². The van der Waals surface area contributed by atoms with E-state index in [2.05, 4.69) is 10.6 Å². The average Bonchev–Trinajstić information content (AvgIpc) is 2.86. The summed E-state index contributed by atoms with van der Waals surface area (Å²) in [6, 6.07) is 9.37. The van der Waals surface area contributed by atoms with E-state index in [4.69, 9.17) is 9.47 Å². The average molecular weight is 500 g/mol. The Bertz CT molecular complexity index is 1240. The molecule has 0 saturated heterocycles. The van der Waals surface area contributed by atoms with E-state index >= 15 is 0 Å². The van der Waals surface area contributed by atoms with Crippen LogP contribution in [0.1, 0.15) is 33.2 Å². The van der Waals surface area contributed by atoms with Gasteiger partial charge in [0.25, 0.3) is 5.69 Å². The Balaban J connectivity index is 1.86. The summed E-state index contributed by atoms with van der Waals surface area (Å²) in [4.78, 5) is 61.0. The predicted molar refractivity (Wildman–Crippen MR) is 125 cm³/mol. The van der Waals surface area contributed by atoms with Gasteiger partial charge < -0.3 is 20.1 Å². The second-order valence-corrected chi connectivity index (χ2v) is 7.93. The third kappa shape index (κ3) is 5.84. The fraction of sp³-hybridized carbons (Fsp3) is 0.217. The van der Waals surface area contributed by atoms with Crippen molar-refractivity contribution in [1.82, 2.24) is 10.6 Å². The molecule has 3 rings (SSSR count). The van der Waals surface area contributed by atoms with Gasteiger partial charge in [-0.1, -0.05) is 18.2 Å². The molecule has 0 atom stereocenters. The first-order valence-electron chi connectivity index (χ1n) is 10.3. The number of nitro groups is 1. The lowest BCUT2D eigenvalue weighted by Gasteiger charge is -2.21. The van der Waals surface area contributed by atoms with Crippen LogP contribution in [0, 0.1) is 10.1 Å². The van der Waals surface area contributed by atoms with Crippen molar-refractivity contribution >= 4 is 41.2 Å². The van der Waals surface area contributed by atoms with E-state index in [1.165, 1.54) is 42.1 Å². The number of thioether (sulfide) groups is 1. The van der Waals surface area contributed by atoms with Crippen molar-refractivity contribution in [1.29, 1.82) is 0 Å². The van der Waals surface area contributed by atoms with Crippen molar-refractivity contribution in [2.24, 2.45) is 0 Å². The van der Waals surface area contributed by atoms with Crippen LogP contribution in [0.25, 0.3) is 0 Å². The molecule has 0 spiro atoms. The van der Waals surface area contributed by atoms with Crippen LogP contribution in [0.5, 0.6) is 0 Å². The Morgan fingerprint density at radius 1 is 1.09 bits per heavy atom. The summed E-state index contributed by atoms with van der Waals surface area (Å²) in [6.07, 6.45) is 1.68. The molecule has 12 heteroatoms. The number of benzene rings is 2. The maximum atomic E-state index is 13.1. The number of carbonyl (C=O) groups excluding carboxylic acids is 4. The molecule has 0 aromatic heterocycles. The van der Waals surface area contributed by atoms with Crippen molar-refractivity contribution in [3.63, 3.8) is 0 Å². The number of urea groups is 1. The van der Waals surface area contributed by atoms with Gasteiger partial charge in [-0.3, -0.25) is 14.9 Å². The molecule has 2 aromatic carbocycles. The van der Waals surface area contributed by atoms with E-state index in [1.807, 2.05) is 0 Å².